The van der Waals surface area contributed by atoms with Crippen LogP contribution in [0.5, 0.6) is 0 Å². The number of nitrogens with one attached hydrogen (secondary N) is 1. The summed E-state index contributed by atoms with van der Waals surface area (Å²) in [4.78, 5) is 0. The number of hydrogen-bond acceptors (Lipinski definition) is 5. The first kappa shape index (κ1) is 10.7. The Morgan fingerprint density at radius 1 is 1.60 bits per heavy atom. The van der Waals surface area contributed by atoms with Gasteiger partial charge >= 0.3 is 0 Å². The van der Waals surface area contributed by atoms with Crippen molar-refractivity contribution in [2.24, 2.45) is 0 Å². The maximum atomic E-state index is 9.04. The number of aromatic amines is 1. The maximum Gasteiger partial charge on any atom is 0.195 e. The summed E-state index contributed by atoms with van der Waals surface area (Å²) >= 11 is 5.05. The molecule has 0 aromatic carbocycles. The van der Waals surface area contributed by atoms with Crippen LogP contribution in [0.3, 0.4) is 0 Å². The molecule has 7 heteroatoms. The molecule has 0 aliphatic carbocycles. The quantitative estimate of drug-likeness (QED) is 0.708. The molecule has 2 rings (SSSR count). The van der Waals surface area contributed by atoms with E-state index in [4.69, 9.17) is 26.8 Å². The van der Waals surface area contributed by atoms with Gasteiger partial charge in [-0.1, -0.05) is 0 Å². The third-order valence-electron chi connectivity index (χ3n) is 2.25. The first-order chi connectivity index (χ1) is 7.31. The van der Waals surface area contributed by atoms with E-state index >= 15 is 0 Å². The van der Waals surface area contributed by atoms with E-state index in [9.17, 15) is 0 Å². The molecular weight excluding hydrogens is 218 g/mol. The van der Waals surface area contributed by atoms with Crippen molar-refractivity contribution in [3.63, 3.8) is 0 Å². The minimum atomic E-state index is -0.138. The molecule has 0 bridgehead atoms. The largest absolute Gasteiger partial charge is 0.388 e. The fraction of sp³-hybridized carbons (Fsp3) is 0.750. The zero-order valence-electron chi connectivity index (χ0n) is 8.18. The highest BCUT2D eigenvalue weighted by Gasteiger charge is 2.17. The van der Waals surface area contributed by atoms with Crippen molar-refractivity contribution < 1.29 is 14.6 Å². The normalized spacial score (nSPS) is 21.8. The molecular formula is C8H13N3O3S. The first-order valence-electron chi connectivity index (χ1n) is 4.75. The maximum absolute atomic E-state index is 9.04. The van der Waals surface area contributed by atoms with E-state index in [1.165, 1.54) is 0 Å². The zero-order valence-corrected chi connectivity index (χ0v) is 9.00. The van der Waals surface area contributed by atoms with Crippen LogP contribution in [0.4, 0.5) is 0 Å². The Hall–Kier alpha value is -0.760. The Morgan fingerprint density at radius 3 is 3.13 bits per heavy atom. The number of ether oxygens (including phenoxy) is 2. The van der Waals surface area contributed by atoms with Crippen LogP contribution in [0.2, 0.25) is 0 Å². The molecule has 0 saturated carbocycles. The van der Waals surface area contributed by atoms with E-state index in [1.807, 2.05) is 0 Å². The van der Waals surface area contributed by atoms with Gasteiger partial charge in [-0.3, -0.25) is 9.67 Å². The highest BCUT2D eigenvalue weighted by Crippen LogP contribution is 2.06. The third-order valence-corrected chi connectivity index (χ3v) is 2.56. The summed E-state index contributed by atoms with van der Waals surface area (Å²) in [6, 6.07) is 0. The van der Waals surface area contributed by atoms with Crippen LogP contribution in [0.1, 0.15) is 5.82 Å². The van der Waals surface area contributed by atoms with Gasteiger partial charge in [0.1, 0.15) is 6.61 Å². The van der Waals surface area contributed by atoms with Crippen molar-refractivity contribution in [1.29, 1.82) is 0 Å². The minimum Gasteiger partial charge on any atom is -0.388 e. The van der Waals surface area contributed by atoms with Crippen molar-refractivity contribution in [1.82, 2.24) is 14.8 Å². The Morgan fingerprint density at radius 2 is 2.47 bits per heavy atom. The highest BCUT2D eigenvalue weighted by molar-refractivity contribution is 7.71. The topological polar surface area (TPSA) is 72.3 Å². The second kappa shape index (κ2) is 4.84. The van der Waals surface area contributed by atoms with E-state index in [1.54, 1.807) is 4.57 Å². The van der Waals surface area contributed by atoms with Crippen molar-refractivity contribution in [3.8, 4) is 0 Å². The molecule has 1 aromatic rings. The van der Waals surface area contributed by atoms with Crippen molar-refractivity contribution in [2.45, 2.75) is 19.3 Å². The van der Waals surface area contributed by atoms with Gasteiger partial charge in [-0.25, -0.2) is 0 Å². The van der Waals surface area contributed by atoms with Crippen LogP contribution in [0.15, 0.2) is 0 Å². The predicted octanol–water partition coefficient (Wildman–Crippen LogP) is -0.152. The predicted molar refractivity (Wildman–Crippen MR) is 53.9 cm³/mol. The van der Waals surface area contributed by atoms with Gasteiger partial charge in [-0.2, -0.15) is 5.10 Å². The molecule has 2 heterocycles. The molecule has 0 radical (unpaired) electrons. The Bertz CT molecular complexity index is 369. The van der Waals surface area contributed by atoms with Crippen molar-refractivity contribution in [3.05, 3.63) is 10.6 Å². The van der Waals surface area contributed by atoms with Crippen molar-refractivity contribution >= 4 is 12.2 Å². The van der Waals surface area contributed by atoms with Gasteiger partial charge in [0.15, 0.2) is 10.6 Å². The Balaban J connectivity index is 2.08. The Labute approximate surface area is 91.8 Å². The van der Waals surface area contributed by atoms with E-state index in [0.717, 1.165) is 0 Å². The van der Waals surface area contributed by atoms with E-state index in [-0.39, 0.29) is 12.7 Å². The molecule has 6 nitrogen and oxygen atoms in total. The van der Waals surface area contributed by atoms with Gasteiger partial charge in [0, 0.05) is 0 Å². The molecule has 1 atom stereocenters. The number of aromatic nitrogens is 3. The number of aliphatic hydroxyl groups excluding tert-OH is 1. The van der Waals surface area contributed by atoms with Gasteiger partial charge in [0.2, 0.25) is 0 Å². The van der Waals surface area contributed by atoms with Crippen LogP contribution >= 0.6 is 12.2 Å². The van der Waals surface area contributed by atoms with Gasteiger partial charge in [-0.15, -0.1) is 0 Å². The van der Waals surface area contributed by atoms with Crippen molar-refractivity contribution in [2.75, 3.05) is 19.8 Å². The molecule has 2 N–H and O–H groups in total. The zero-order chi connectivity index (χ0) is 10.7. The molecule has 15 heavy (non-hydrogen) atoms. The van der Waals surface area contributed by atoms with Crippen LogP contribution in [0, 0.1) is 4.77 Å². The summed E-state index contributed by atoms with van der Waals surface area (Å²) in [5.74, 6) is 0.522. The van der Waals surface area contributed by atoms with Crippen LogP contribution in [-0.4, -0.2) is 45.8 Å². The molecule has 0 spiro atoms. The first-order valence-corrected chi connectivity index (χ1v) is 5.16. The molecule has 84 valence electrons. The van der Waals surface area contributed by atoms with Crippen LogP contribution in [-0.2, 0) is 22.6 Å². The summed E-state index contributed by atoms with van der Waals surface area (Å²) in [5.41, 5.74) is 0. The third kappa shape index (κ3) is 2.43. The second-order valence-corrected chi connectivity index (χ2v) is 3.67. The average Bonchev–Trinajstić information content (AvgIpc) is 2.62. The fourth-order valence-electron chi connectivity index (χ4n) is 1.50. The molecule has 1 unspecified atom stereocenters. The van der Waals surface area contributed by atoms with Crippen LogP contribution < -0.4 is 0 Å². The van der Waals surface area contributed by atoms with Gasteiger partial charge in [0.05, 0.1) is 32.5 Å². The number of aliphatic hydroxyl groups is 1. The molecule has 1 aromatic heterocycles. The van der Waals surface area contributed by atoms with Gasteiger partial charge in [-0.05, 0) is 12.2 Å². The summed E-state index contributed by atoms with van der Waals surface area (Å²) < 4.78 is 13.0. The number of rotatable bonds is 3. The smallest absolute Gasteiger partial charge is 0.195 e. The second-order valence-electron chi connectivity index (χ2n) is 3.28. The van der Waals surface area contributed by atoms with Gasteiger partial charge in [0.25, 0.3) is 0 Å². The summed E-state index contributed by atoms with van der Waals surface area (Å²) in [6.07, 6.45) is -0.0200. The summed E-state index contributed by atoms with van der Waals surface area (Å²) in [6.45, 7) is 2.22. The lowest BCUT2D eigenvalue weighted by atomic mass is 10.3. The lowest BCUT2D eigenvalue weighted by Gasteiger charge is -2.23. The van der Waals surface area contributed by atoms with Gasteiger partial charge < -0.3 is 14.6 Å². The standard InChI is InChI=1S/C8H13N3O3S/c12-4-7-9-10-8(15)11(7)3-6-5-13-1-2-14-6/h6,12H,1-5H2,(H,10,15). The molecule has 1 fully saturated rings. The lowest BCUT2D eigenvalue weighted by molar-refractivity contribution is -0.0941. The highest BCUT2D eigenvalue weighted by atomic mass is 32.1. The monoisotopic (exact) mass is 231 g/mol. The fourth-order valence-corrected chi connectivity index (χ4v) is 1.73. The van der Waals surface area contributed by atoms with E-state index in [0.29, 0.717) is 37.0 Å². The molecule has 1 saturated heterocycles. The number of H-pyrrole nitrogens is 1. The summed E-state index contributed by atoms with van der Waals surface area (Å²) in [7, 11) is 0. The molecule has 1 aliphatic heterocycles. The lowest BCUT2D eigenvalue weighted by Crippen LogP contribution is -2.32. The Kier molecular flexibility index (Phi) is 3.47. The molecule has 0 amide bonds. The molecule has 1 aliphatic rings. The SMILES string of the molecule is OCc1n[nH]c(=S)n1CC1COCCO1. The number of nitrogens with zero attached hydrogens (tertiary/aromatic N) is 2. The summed E-state index contributed by atoms with van der Waals surface area (Å²) in [5, 5.41) is 15.6. The van der Waals surface area contributed by atoms with Crippen LogP contribution in [0.25, 0.3) is 0 Å². The number of hydrogen-bond donors (Lipinski definition) is 2. The van der Waals surface area contributed by atoms with E-state index < -0.39 is 0 Å². The van der Waals surface area contributed by atoms with E-state index in [2.05, 4.69) is 10.2 Å². The minimum absolute atomic E-state index is 0.0200. The average molecular weight is 231 g/mol.